The van der Waals surface area contributed by atoms with Gasteiger partial charge in [0.2, 0.25) is 5.91 Å². The molecule has 0 saturated carbocycles. The van der Waals surface area contributed by atoms with E-state index in [4.69, 9.17) is 0 Å². The average Bonchev–Trinajstić information content (AvgIpc) is 2.82. The van der Waals surface area contributed by atoms with Crippen LogP contribution in [0.3, 0.4) is 0 Å². The lowest BCUT2D eigenvalue weighted by atomic mass is 9.77. The highest BCUT2D eigenvalue weighted by Gasteiger charge is 2.45. The van der Waals surface area contributed by atoms with Crippen LogP contribution < -0.4 is 0 Å². The predicted octanol–water partition coefficient (Wildman–Crippen LogP) is 2.47. The Balaban J connectivity index is 1.64. The van der Waals surface area contributed by atoms with Crippen molar-refractivity contribution in [2.75, 3.05) is 26.2 Å². The molecule has 0 aromatic carbocycles. The van der Waals surface area contributed by atoms with E-state index in [1.54, 1.807) is 4.90 Å². The van der Waals surface area contributed by atoms with Gasteiger partial charge >= 0.3 is 0 Å². The van der Waals surface area contributed by atoms with Gasteiger partial charge in [0.25, 0.3) is 5.91 Å². The van der Waals surface area contributed by atoms with E-state index in [9.17, 15) is 18.4 Å². The molecule has 2 amide bonds. The quantitative estimate of drug-likeness (QED) is 0.841. The van der Waals surface area contributed by atoms with Gasteiger partial charge in [-0.3, -0.25) is 9.59 Å². The molecule has 3 rings (SSSR count). The molecule has 2 saturated heterocycles. The first-order valence-electron chi connectivity index (χ1n) is 8.68. The van der Waals surface area contributed by atoms with E-state index in [0.29, 0.717) is 44.3 Å². The Morgan fingerprint density at radius 1 is 1.32 bits per heavy atom. The molecule has 7 heteroatoms. The first-order chi connectivity index (χ1) is 11.8. The highest BCUT2D eigenvalue weighted by atomic mass is 19.1. The summed E-state index contributed by atoms with van der Waals surface area (Å²) in [5, 5.41) is 0. The van der Waals surface area contributed by atoms with Crippen LogP contribution >= 0.6 is 0 Å². The van der Waals surface area contributed by atoms with Crippen molar-refractivity contribution in [2.24, 2.45) is 11.3 Å². The van der Waals surface area contributed by atoms with Crippen LogP contribution in [-0.2, 0) is 4.79 Å². The van der Waals surface area contributed by atoms with Crippen molar-refractivity contribution in [3.63, 3.8) is 0 Å². The van der Waals surface area contributed by atoms with Gasteiger partial charge in [-0.15, -0.1) is 0 Å². The zero-order valence-electron chi connectivity index (χ0n) is 14.6. The van der Waals surface area contributed by atoms with Gasteiger partial charge in [-0.2, -0.15) is 0 Å². The number of pyridine rings is 1. The predicted molar refractivity (Wildman–Crippen MR) is 87.8 cm³/mol. The van der Waals surface area contributed by atoms with Crippen LogP contribution in [0.2, 0.25) is 0 Å². The molecule has 2 aliphatic heterocycles. The first kappa shape index (κ1) is 17.8. The molecule has 1 aromatic rings. The van der Waals surface area contributed by atoms with Crippen LogP contribution in [0.4, 0.5) is 8.78 Å². The summed E-state index contributed by atoms with van der Waals surface area (Å²) in [6.07, 6.45) is 2.79. The number of amides is 2. The van der Waals surface area contributed by atoms with Crippen LogP contribution in [0.15, 0.2) is 12.3 Å². The van der Waals surface area contributed by atoms with Gasteiger partial charge in [-0.05, 0) is 18.8 Å². The van der Waals surface area contributed by atoms with E-state index in [1.165, 1.54) is 0 Å². The number of likely N-dealkylation sites (tertiary alicyclic amines) is 2. The fourth-order valence-electron chi connectivity index (χ4n) is 3.83. The van der Waals surface area contributed by atoms with Crippen molar-refractivity contribution in [1.29, 1.82) is 0 Å². The lowest BCUT2D eigenvalue weighted by molar-refractivity contribution is -0.128. The second-order valence-electron chi connectivity index (χ2n) is 7.62. The number of halogens is 2. The van der Waals surface area contributed by atoms with E-state index in [-0.39, 0.29) is 17.0 Å². The number of aromatic nitrogens is 1. The number of piperidine rings is 1. The van der Waals surface area contributed by atoms with Crippen LogP contribution in [0.1, 0.15) is 43.6 Å². The molecule has 0 unspecified atom stereocenters. The van der Waals surface area contributed by atoms with Gasteiger partial charge < -0.3 is 9.80 Å². The van der Waals surface area contributed by atoms with Gasteiger partial charge in [-0.1, -0.05) is 13.8 Å². The second kappa shape index (κ2) is 6.69. The number of hydrogen-bond acceptors (Lipinski definition) is 3. The molecule has 1 spiro atoms. The summed E-state index contributed by atoms with van der Waals surface area (Å²) >= 11 is 0. The zero-order valence-corrected chi connectivity index (χ0v) is 14.6. The van der Waals surface area contributed by atoms with Gasteiger partial charge in [0.1, 0.15) is 5.82 Å². The van der Waals surface area contributed by atoms with Crippen molar-refractivity contribution in [1.82, 2.24) is 14.8 Å². The van der Waals surface area contributed by atoms with E-state index in [0.717, 1.165) is 19.3 Å². The smallest absolute Gasteiger partial charge is 0.275 e. The summed E-state index contributed by atoms with van der Waals surface area (Å²) in [6.45, 7) is 6.58. The molecular formula is C18H23F2N3O2. The topological polar surface area (TPSA) is 53.5 Å². The summed E-state index contributed by atoms with van der Waals surface area (Å²) in [5.74, 6) is -1.66. The molecule has 0 aliphatic carbocycles. The third-order valence-corrected chi connectivity index (χ3v) is 5.11. The fraction of sp³-hybridized carbons (Fsp3) is 0.611. The number of hydrogen-bond donors (Lipinski definition) is 0. The standard InChI is InChI=1S/C18H23F2N3O2/c1-12(2)10-23-11-18(8-15(23)24)3-5-22(6-4-18)17(25)16-14(20)7-13(19)9-21-16/h7,9,12H,3-6,8,10-11H2,1-2H3. The summed E-state index contributed by atoms with van der Waals surface area (Å²) < 4.78 is 26.7. The lowest BCUT2D eigenvalue weighted by Gasteiger charge is -2.38. The number of carbonyl (C=O) groups is 2. The molecule has 0 bridgehead atoms. The molecule has 0 radical (unpaired) electrons. The van der Waals surface area contributed by atoms with Crippen molar-refractivity contribution in [3.05, 3.63) is 29.6 Å². The highest BCUT2D eigenvalue weighted by Crippen LogP contribution is 2.41. The largest absolute Gasteiger partial charge is 0.342 e. The third kappa shape index (κ3) is 3.65. The van der Waals surface area contributed by atoms with Gasteiger partial charge in [-0.25, -0.2) is 13.8 Å². The van der Waals surface area contributed by atoms with Gasteiger partial charge in [0.15, 0.2) is 11.5 Å². The van der Waals surface area contributed by atoms with E-state index in [2.05, 4.69) is 18.8 Å². The molecule has 2 aliphatic rings. The first-order valence-corrected chi connectivity index (χ1v) is 8.68. The lowest BCUT2D eigenvalue weighted by Crippen LogP contribution is -2.44. The Bertz CT molecular complexity index is 685. The van der Waals surface area contributed by atoms with E-state index >= 15 is 0 Å². The molecule has 25 heavy (non-hydrogen) atoms. The van der Waals surface area contributed by atoms with Crippen molar-refractivity contribution >= 4 is 11.8 Å². The van der Waals surface area contributed by atoms with Gasteiger partial charge in [0.05, 0.1) is 6.20 Å². The monoisotopic (exact) mass is 351 g/mol. The molecule has 136 valence electrons. The Labute approximate surface area is 146 Å². The molecule has 2 fully saturated rings. The molecule has 1 aromatic heterocycles. The Morgan fingerprint density at radius 3 is 2.60 bits per heavy atom. The van der Waals surface area contributed by atoms with Crippen molar-refractivity contribution < 1.29 is 18.4 Å². The minimum absolute atomic E-state index is 0.0858. The minimum Gasteiger partial charge on any atom is -0.342 e. The number of carbonyl (C=O) groups excluding carboxylic acids is 2. The Kier molecular flexibility index (Phi) is 4.75. The molecule has 0 atom stereocenters. The summed E-state index contributed by atoms with van der Waals surface area (Å²) in [6, 6.07) is 0.672. The van der Waals surface area contributed by atoms with Crippen LogP contribution in [0.5, 0.6) is 0 Å². The van der Waals surface area contributed by atoms with E-state index in [1.807, 2.05) is 4.90 Å². The summed E-state index contributed by atoms with van der Waals surface area (Å²) in [7, 11) is 0. The molecular weight excluding hydrogens is 328 g/mol. The van der Waals surface area contributed by atoms with Gasteiger partial charge in [0, 0.05) is 44.1 Å². The average molecular weight is 351 g/mol. The third-order valence-electron chi connectivity index (χ3n) is 5.11. The Morgan fingerprint density at radius 2 is 2.00 bits per heavy atom. The fourth-order valence-corrected chi connectivity index (χ4v) is 3.83. The minimum atomic E-state index is -0.940. The Hall–Kier alpha value is -2.05. The van der Waals surface area contributed by atoms with Crippen LogP contribution in [-0.4, -0.2) is 52.8 Å². The molecule has 3 heterocycles. The maximum atomic E-state index is 13.8. The van der Waals surface area contributed by atoms with Crippen LogP contribution in [0, 0.1) is 23.0 Å². The second-order valence-corrected chi connectivity index (χ2v) is 7.62. The van der Waals surface area contributed by atoms with Crippen molar-refractivity contribution in [2.45, 2.75) is 33.1 Å². The maximum Gasteiger partial charge on any atom is 0.275 e. The van der Waals surface area contributed by atoms with E-state index < -0.39 is 17.5 Å². The highest BCUT2D eigenvalue weighted by molar-refractivity contribution is 5.92. The zero-order chi connectivity index (χ0) is 18.2. The number of rotatable bonds is 3. The number of nitrogens with zero attached hydrogens (tertiary/aromatic N) is 3. The summed E-state index contributed by atoms with van der Waals surface area (Å²) in [4.78, 5) is 31.7. The van der Waals surface area contributed by atoms with Crippen LogP contribution in [0.25, 0.3) is 0 Å². The van der Waals surface area contributed by atoms with Crippen molar-refractivity contribution in [3.8, 4) is 0 Å². The SMILES string of the molecule is CC(C)CN1CC2(CCN(C(=O)c3ncc(F)cc3F)CC2)CC1=O. The molecule has 0 N–H and O–H groups in total. The maximum absolute atomic E-state index is 13.8. The summed E-state index contributed by atoms with van der Waals surface area (Å²) in [5.41, 5.74) is -0.432. The normalized spacial score (nSPS) is 20.0. The molecule has 5 nitrogen and oxygen atoms in total.